The number of benzene rings is 2. The van der Waals surface area contributed by atoms with Gasteiger partial charge in [-0.25, -0.2) is 0 Å². The second-order valence-electron chi connectivity index (χ2n) is 3.82. The van der Waals surface area contributed by atoms with Crippen LogP contribution in [0, 0.1) is 0 Å². The summed E-state index contributed by atoms with van der Waals surface area (Å²) in [5.74, 6) is 0.578. The van der Waals surface area contributed by atoms with Gasteiger partial charge in [0.2, 0.25) is 0 Å². The van der Waals surface area contributed by atoms with Crippen LogP contribution in [0.4, 0.5) is 11.4 Å². The molecule has 0 fully saturated rings. The average Bonchev–Trinajstić information content (AvgIpc) is 2.36. The van der Waals surface area contributed by atoms with Crippen LogP contribution in [0.2, 0.25) is 10.0 Å². The Bertz CT molecular complexity index is 520. The van der Waals surface area contributed by atoms with Crippen LogP contribution in [0.1, 0.15) is 5.56 Å². The van der Waals surface area contributed by atoms with Crippen LogP contribution in [0.3, 0.4) is 0 Å². The third-order valence-electron chi connectivity index (χ3n) is 2.60. The molecule has 0 unspecified atom stereocenters. The zero-order valence-corrected chi connectivity index (χ0v) is 11.9. The normalized spacial score (nSPS) is 10.4. The molecule has 0 saturated heterocycles. The Hall–Kier alpha value is -0.890. The fraction of sp³-hybridized carbons (Fsp3) is 0.143. The Balaban J connectivity index is 2.34. The summed E-state index contributed by atoms with van der Waals surface area (Å²) in [6, 6.07) is 13.4. The lowest BCUT2D eigenvalue weighted by atomic mass is 10.1. The number of nitrogens with one attached hydrogen (secondary N) is 1. The lowest BCUT2D eigenvalue weighted by Gasteiger charge is -2.13. The highest BCUT2D eigenvalue weighted by atomic mass is 35.5. The highest BCUT2D eigenvalue weighted by Crippen LogP contribution is 2.33. The Kier molecular flexibility index (Phi) is 4.76. The highest BCUT2D eigenvalue weighted by molar-refractivity contribution is 6.39. The van der Waals surface area contributed by atoms with Crippen molar-refractivity contribution in [2.24, 2.45) is 0 Å². The fourth-order valence-corrected chi connectivity index (χ4v) is 2.41. The zero-order valence-electron chi connectivity index (χ0n) is 9.59. The van der Waals surface area contributed by atoms with E-state index in [-0.39, 0.29) is 0 Å². The molecule has 1 N–H and O–H groups in total. The number of hydrogen-bond donors (Lipinski definition) is 1. The first-order chi connectivity index (χ1) is 8.72. The monoisotopic (exact) mass is 299 g/mol. The third kappa shape index (κ3) is 3.11. The molecule has 0 aliphatic carbocycles. The first kappa shape index (κ1) is 13.5. The topological polar surface area (TPSA) is 12.0 Å². The van der Waals surface area contributed by atoms with Gasteiger partial charge in [0.1, 0.15) is 0 Å². The largest absolute Gasteiger partial charge is 0.353 e. The summed E-state index contributed by atoms with van der Waals surface area (Å²) in [4.78, 5) is 0. The van der Waals surface area contributed by atoms with Crippen LogP contribution in [0.5, 0.6) is 0 Å². The molecule has 0 bridgehead atoms. The van der Waals surface area contributed by atoms with E-state index in [1.165, 1.54) is 0 Å². The summed E-state index contributed by atoms with van der Waals surface area (Å²) in [5.41, 5.74) is 2.85. The molecule has 4 heteroatoms. The van der Waals surface area contributed by atoms with Crippen molar-refractivity contribution in [3.8, 4) is 0 Å². The number of aryl methyl sites for hydroxylation is 1. The molecule has 0 saturated carbocycles. The van der Waals surface area contributed by atoms with E-state index in [4.69, 9.17) is 34.8 Å². The fourth-order valence-electron chi connectivity index (χ4n) is 1.71. The maximum absolute atomic E-state index is 6.14. The lowest BCUT2D eigenvalue weighted by Crippen LogP contribution is -1.98. The predicted molar refractivity (Wildman–Crippen MR) is 80.6 cm³/mol. The van der Waals surface area contributed by atoms with Crippen molar-refractivity contribution in [2.75, 3.05) is 11.2 Å². The van der Waals surface area contributed by atoms with Crippen LogP contribution in [-0.4, -0.2) is 5.88 Å². The Morgan fingerprint density at radius 3 is 2.22 bits per heavy atom. The molecule has 0 heterocycles. The van der Waals surface area contributed by atoms with Gasteiger partial charge in [0, 0.05) is 11.6 Å². The molecule has 0 aromatic heterocycles. The predicted octanol–water partition coefficient (Wildman–Crippen LogP) is 5.52. The number of hydrogen-bond acceptors (Lipinski definition) is 1. The van der Waals surface area contributed by atoms with E-state index in [2.05, 4.69) is 5.32 Å². The van der Waals surface area contributed by atoms with E-state index in [0.717, 1.165) is 23.4 Å². The first-order valence-electron chi connectivity index (χ1n) is 5.57. The minimum absolute atomic E-state index is 0.578. The quantitative estimate of drug-likeness (QED) is 0.733. The van der Waals surface area contributed by atoms with Gasteiger partial charge in [0.05, 0.1) is 15.7 Å². The Morgan fingerprint density at radius 1 is 0.889 bits per heavy atom. The minimum atomic E-state index is 0.578. The van der Waals surface area contributed by atoms with Gasteiger partial charge in [-0.3, -0.25) is 0 Å². The number of para-hydroxylation sites is 2. The lowest BCUT2D eigenvalue weighted by molar-refractivity contribution is 1.15. The first-order valence-corrected chi connectivity index (χ1v) is 6.86. The summed E-state index contributed by atoms with van der Waals surface area (Å²) in [7, 11) is 0. The molecule has 0 radical (unpaired) electrons. The SMILES string of the molecule is ClCCc1ccccc1Nc1c(Cl)cccc1Cl. The molecule has 0 atom stereocenters. The van der Waals surface area contributed by atoms with Crippen LogP contribution < -0.4 is 5.32 Å². The molecular weight excluding hydrogens is 289 g/mol. The summed E-state index contributed by atoms with van der Waals surface area (Å²) >= 11 is 18.1. The molecule has 0 aliphatic heterocycles. The van der Waals surface area contributed by atoms with E-state index in [0.29, 0.717) is 15.9 Å². The summed E-state index contributed by atoms with van der Waals surface area (Å²) in [6.45, 7) is 0. The van der Waals surface area contributed by atoms with Gasteiger partial charge in [-0.1, -0.05) is 47.5 Å². The van der Waals surface area contributed by atoms with Gasteiger partial charge in [-0.05, 0) is 30.2 Å². The summed E-state index contributed by atoms with van der Waals surface area (Å²) in [5, 5.41) is 4.47. The third-order valence-corrected chi connectivity index (χ3v) is 3.42. The molecule has 18 heavy (non-hydrogen) atoms. The van der Waals surface area contributed by atoms with Gasteiger partial charge < -0.3 is 5.32 Å². The van der Waals surface area contributed by atoms with Gasteiger partial charge in [-0.2, -0.15) is 0 Å². The van der Waals surface area contributed by atoms with Gasteiger partial charge in [-0.15, -0.1) is 11.6 Å². The molecule has 0 amide bonds. The molecule has 2 aromatic rings. The second-order valence-corrected chi connectivity index (χ2v) is 5.01. The van der Waals surface area contributed by atoms with Gasteiger partial charge >= 0.3 is 0 Å². The van der Waals surface area contributed by atoms with Crippen LogP contribution in [-0.2, 0) is 6.42 Å². The van der Waals surface area contributed by atoms with Crippen LogP contribution in [0.15, 0.2) is 42.5 Å². The van der Waals surface area contributed by atoms with E-state index < -0.39 is 0 Å². The zero-order chi connectivity index (χ0) is 13.0. The molecule has 1 nitrogen and oxygen atoms in total. The molecule has 0 aliphatic rings. The van der Waals surface area contributed by atoms with Crippen molar-refractivity contribution in [2.45, 2.75) is 6.42 Å². The van der Waals surface area contributed by atoms with Gasteiger partial charge in [0.25, 0.3) is 0 Å². The van der Waals surface area contributed by atoms with Gasteiger partial charge in [0.15, 0.2) is 0 Å². The molecule has 94 valence electrons. The maximum Gasteiger partial charge on any atom is 0.0762 e. The Morgan fingerprint density at radius 2 is 1.56 bits per heavy atom. The van der Waals surface area contributed by atoms with E-state index in [9.17, 15) is 0 Å². The van der Waals surface area contributed by atoms with Crippen LogP contribution >= 0.6 is 34.8 Å². The van der Waals surface area contributed by atoms with E-state index in [1.807, 2.05) is 30.3 Å². The van der Waals surface area contributed by atoms with Crippen molar-refractivity contribution in [3.05, 3.63) is 58.1 Å². The molecule has 2 rings (SSSR count). The van der Waals surface area contributed by atoms with E-state index >= 15 is 0 Å². The number of alkyl halides is 1. The van der Waals surface area contributed by atoms with Crippen molar-refractivity contribution < 1.29 is 0 Å². The second kappa shape index (κ2) is 6.33. The average molecular weight is 301 g/mol. The van der Waals surface area contributed by atoms with Crippen molar-refractivity contribution in [1.29, 1.82) is 0 Å². The number of halogens is 3. The van der Waals surface area contributed by atoms with Crippen molar-refractivity contribution in [3.63, 3.8) is 0 Å². The van der Waals surface area contributed by atoms with Crippen molar-refractivity contribution in [1.82, 2.24) is 0 Å². The van der Waals surface area contributed by atoms with E-state index in [1.54, 1.807) is 12.1 Å². The van der Waals surface area contributed by atoms with Crippen LogP contribution in [0.25, 0.3) is 0 Å². The molecule has 0 spiro atoms. The minimum Gasteiger partial charge on any atom is -0.353 e. The number of rotatable bonds is 4. The molecule has 2 aromatic carbocycles. The standard InChI is InChI=1S/C14H12Cl3N/c15-9-8-10-4-1-2-7-13(10)18-14-11(16)5-3-6-12(14)17/h1-7,18H,8-9H2. The van der Waals surface area contributed by atoms with Crippen molar-refractivity contribution >= 4 is 46.2 Å². The highest BCUT2D eigenvalue weighted by Gasteiger charge is 2.07. The number of anilines is 2. The smallest absolute Gasteiger partial charge is 0.0762 e. The molecular formula is C14H12Cl3N. The summed E-state index contributed by atoms with van der Waals surface area (Å²) < 4.78 is 0. The maximum atomic E-state index is 6.14. The Labute approximate surface area is 122 Å². The summed E-state index contributed by atoms with van der Waals surface area (Å²) in [6.07, 6.45) is 0.798.